The summed E-state index contributed by atoms with van der Waals surface area (Å²) in [6.45, 7) is 11.2. The van der Waals surface area contributed by atoms with E-state index in [1.165, 1.54) is 25.7 Å². The molecule has 158 valence electrons. The Bertz CT molecular complexity index is 658. The molecule has 1 aliphatic carbocycles. The quantitative estimate of drug-likeness (QED) is 0.354. The van der Waals surface area contributed by atoms with E-state index in [4.69, 9.17) is 4.74 Å². The summed E-state index contributed by atoms with van der Waals surface area (Å²) < 4.78 is 6.42. The Hall–Kier alpha value is -1.48. The van der Waals surface area contributed by atoms with Crippen LogP contribution in [0.25, 0.3) is 0 Å². The summed E-state index contributed by atoms with van der Waals surface area (Å²) in [6, 6.07) is 5.73. The van der Waals surface area contributed by atoms with Gasteiger partial charge in [-0.05, 0) is 68.2 Å². The lowest BCUT2D eigenvalue weighted by Crippen LogP contribution is -2.38. The van der Waals surface area contributed by atoms with E-state index in [0.717, 1.165) is 42.6 Å². The first kappa shape index (κ1) is 22.8. The van der Waals surface area contributed by atoms with Gasteiger partial charge in [-0.25, -0.2) is 0 Å². The number of ether oxygens (including phenoxy) is 1. The fourth-order valence-electron chi connectivity index (χ4n) is 4.22. The molecular formula is C25H40O3. The van der Waals surface area contributed by atoms with Crippen molar-refractivity contribution < 1.29 is 14.9 Å². The van der Waals surface area contributed by atoms with Crippen LogP contribution in [-0.2, 0) is 5.41 Å². The van der Waals surface area contributed by atoms with Gasteiger partial charge < -0.3 is 14.9 Å². The van der Waals surface area contributed by atoms with Crippen LogP contribution in [0.3, 0.4) is 0 Å². The lowest BCUT2D eigenvalue weighted by molar-refractivity contribution is 0.0374. The summed E-state index contributed by atoms with van der Waals surface area (Å²) in [5.74, 6) is 1.42. The second-order valence-electron chi connectivity index (χ2n) is 9.61. The normalized spacial score (nSPS) is 18.1. The number of aliphatic hydroxyl groups is 1. The van der Waals surface area contributed by atoms with Gasteiger partial charge in [0.1, 0.15) is 17.1 Å². The van der Waals surface area contributed by atoms with E-state index in [1.807, 2.05) is 6.07 Å². The van der Waals surface area contributed by atoms with Gasteiger partial charge in [-0.2, -0.15) is 0 Å². The molecule has 0 amide bonds. The smallest absolute Gasteiger partial charge is 0.124 e. The van der Waals surface area contributed by atoms with Crippen LogP contribution in [0.1, 0.15) is 91.5 Å². The number of benzene rings is 1. The summed E-state index contributed by atoms with van der Waals surface area (Å²) in [5, 5.41) is 19.6. The average Bonchev–Trinajstić information content (AvgIpc) is 2.64. The summed E-state index contributed by atoms with van der Waals surface area (Å²) >= 11 is 0. The Kier molecular flexibility index (Phi) is 8.00. The van der Waals surface area contributed by atoms with Gasteiger partial charge in [-0.3, -0.25) is 0 Å². The zero-order chi connectivity index (χ0) is 20.8. The van der Waals surface area contributed by atoms with Crippen LogP contribution >= 0.6 is 0 Å². The van der Waals surface area contributed by atoms with Crippen molar-refractivity contribution in [2.24, 2.45) is 5.92 Å². The summed E-state index contributed by atoms with van der Waals surface area (Å²) in [6.07, 6.45) is 11.2. The Labute approximate surface area is 171 Å². The van der Waals surface area contributed by atoms with E-state index < -0.39 is 0 Å². The summed E-state index contributed by atoms with van der Waals surface area (Å²) in [7, 11) is 0. The van der Waals surface area contributed by atoms with E-state index in [-0.39, 0.29) is 23.4 Å². The van der Waals surface area contributed by atoms with Crippen molar-refractivity contribution in [2.45, 2.75) is 97.0 Å². The molecule has 0 saturated carbocycles. The Morgan fingerprint density at radius 1 is 1.07 bits per heavy atom. The number of aromatic hydroxyl groups is 1. The van der Waals surface area contributed by atoms with Gasteiger partial charge in [-0.1, -0.05) is 52.5 Å². The molecular weight excluding hydrogens is 348 g/mol. The van der Waals surface area contributed by atoms with Crippen LogP contribution in [0.5, 0.6) is 11.5 Å². The molecule has 0 radical (unpaired) electrons. The molecule has 1 aromatic rings. The van der Waals surface area contributed by atoms with Crippen LogP contribution in [0.15, 0.2) is 29.8 Å². The molecule has 28 heavy (non-hydrogen) atoms. The van der Waals surface area contributed by atoms with Crippen molar-refractivity contribution in [3.63, 3.8) is 0 Å². The fraction of sp³-hybridized carbons (Fsp3) is 0.680. The standard InChI is InChI=1S/C25H40O3/c1-6-7-8-9-14-24(2,3)21-15-22(27)17-23(16-21)28-25(4,5)20-12-10-19(18-26)11-13-20/h10,15-17,20,26-27H,6-9,11-14,18H2,1-5H3/t20-/m0/s1. The van der Waals surface area contributed by atoms with E-state index >= 15 is 0 Å². The third kappa shape index (κ3) is 6.27. The van der Waals surface area contributed by atoms with Crippen LogP contribution in [0.2, 0.25) is 0 Å². The monoisotopic (exact) mass is 388 g/mol. The number of allylic oxidation sites excluding steroid dienone is 1. The van der Waals surface area contributed by atoms with Crippen molar-refractivity contribution in [3.8, 4) is 11.5 Å². The number of hydrogen-bond donors (Lipinski definition) is 2. The highest BCUT2D eigenvalue weighted by atomic mass is 16.5. The zero-order valence-corrected chi connectivity index (χ0v) is 18.6. The highest BCUT2D eigenvalue weighted by Crippen LogP contribution is 2.38. The molecule has 2 rings (SSSR count). The summed E-state index contributed by atoms with van der Waals surface area (Å²) in [4.78, 5) is 0. The van der Waals surface area contributed by atoms with Crippen molar-refractivity contribution in [1.82, 2.24) is 0 Å². The highest BCUT2D eigenvalue weighted by Gasteiger charge is 2.33. The minimum Gasteiger partial charge on any atom is -0.508 e. The number of aliphatic hydroxyl groups excluding tert-OH is 1. The van der Waals surface area contributed by atoms with Crippen LogP contribution < -0.4 is 4.74 Å². The van der Waals surface area contributed by atoms with Crippen molar-refractivity contribution >= 4 is 0 Å². The molecule has 0 unspecified atom stereocenters. The predicted molar refractivity (Wildman–Crippen MR) is 117 cm³/mol. The molecule has 1 aliphatic rings. The minimum atomic E-state index is -0.326. The van der Waals surface area contributed by atoms with Gasteiger partial charge in [0, 0.05) is 12.0 Å². The van der Waals surface area contributed by atoms with Crippen LogP contribution in [0.4, 0.5) is 0 Å². The van der Waals surface area contributed by atoms with Gasteiger partial charge in [0.25, 0.3) is 0 Å². The molecule has 0 spiro atoms. The third-order valence-electron chi connectivity index (χ3n) is 6.40. The average molecular weight is 389 g/mol. The van der Waals surface area contributed by atoms with Gasteiger partial charge in [0.05, 0.1) is 6.61 Å². The zero-order valence-electron chi connectivity index (χ0n) is 18.6. The maximum atomic E-state index is 10.3. The fourth-order valence-corrected chi connectivity index (χ4v) is 4.22. The molecule has 0 heterocycles. The second-order valence-corrected chi connectivity index (χ2v) is 9.61. The Balaban J connectivity index is 2.10. The molecule has 0 saturated heterocycles. The number of hydrogen-bond acceptors (Lipinski definition) is 3. The lowest BCUT2D eigenvalue weighted by Gasteiger charge is -2.37. The summed E-state index contributed by atoms with van der Waals surface area (Å²) in [5.41, 5.74) is 1.96. The third-order valence-corrected chi connectivity index (χ3v) is 6.40. The number of unbranched alkanes of at least 4 members (excludes halogenated alkanes) is 3. The molecule has 0 bridgehead atoms. The van der Waals surface area contributed by atoms with Crippen LogP contribution in [0, 0.1) is 5.92 Å². The predicted octanol–water partition coefficient (Wildman–Crippen LogP) is 6.52. The van der Waals surface area contributed by atoms with Crippen molar-refractivity contribution in [2.75, 3.05) is 6.61 Å². The van der Waals surface area contributed by atoms with Gasteiger partial charge >= 0.3 is 0 Å². The van der Waals surface area contributed by atoms with E-state index in [2.05, 4.69) is 46.8 Å². The molecule has 0 aromatic heterocycles. The highest BCUT2D eigenvalue weighted by molar-refractivity contribution is 5.41. The number of phenols is 1. The first-order valence-electron chi connectivity index (χ1n) is 11.0. The van der Waals surface area contributed by atoms with E-state index in [1.54, 1.807) is 6.07 Å². The van der Waals surface area contributed by atoms with E-state index in [0.29, 0.717) is 5.92 Å². The van der Waals surface area contributed by atoms with Gasteiger partial charge in [0.2, 0.25) is 0 Å². The van der Waals surface area contributed by atoms with E-state index in [9.17, 15) is 10.2 Å². The van der Waals surface area contributed by atoms with Gasteiger partial charge in [0.15, 0.2) is 0 Å². The molecule has 3 nitrogen and oxygen atoms in total. The lowest BCUT2D eigenvalue weighted by atomic mass is 9.79. The molecule has 0 aliphatic heterocycles. The number of phenolic OH excluding ortho intramolecular Hbond substituents is 1. The molecule has 1 atom stereocenters. The van der Waals surface area contributed by atoms with Crippen molar-refractivity contribution in [1.29, 1.82) is 0 Å². The molecule has 1 aromatic carbocycles. The van der Waals surface area contributed by atoms with Gasteiger partial charge in [-0.15, -0.1) is 0 Å². The second kappa shape index (κ2) is 9.82. The van der Waals surface area contributed by atoms with Crippen LogP contribution in [-0.4, -0.2) is 22.4 Å². The Morgan fingerprint density at radius 3 is 2.43 bits per heavy atom. The minimum absolute atomic E-state index is 0.0122. The largest absolute Gasteiger partial charge is 0.508 e. The first-order chi connectivity index (χ1) is 13.2. The maximum Gasteiger partial charge on any atom is 0.124 e. The maximum absolute atomic E-state index is 10.3. The molecule has 0 fully saturated rings. The first-order valence-corrected chi connectivity index (χ1v) is 11.0. The topological polar surface area (TPSA) is 49.7 Å². The molecule has 2 N–H and O–H groups in total. The van der Waals surface area contributed by atoms with Crippen molar-refractivity contribution in [3.05, 3.63) is 35.4 Å². The Morgan fingerprint density at radius 2 is 1.82 bits per heavy atom. The SMILES string of the molecule is CCCCCCC(C)(C)c1cc(O)cc(OC(C)(C)[C@H]2CC=C(CO)CC2)c1. The molecule has 3 heteroatoms. The number of rotatable bonds is 10.